The minimum absolute atomic E-state index is 0.169. The number of carbonyl (C=O) groups excluding carboxylic acids is 1. The first-order valence-electron chi connectivity index (χ1n) is 9.99. The minimum atomic E-state index is -4.50. The van der Waals surface area contributed by atoms with Gasteiger partial charge in [0.2, 0.25) is 5.91 Å². The molecule has 0 bridgehead atoms. The molecular formula is C20H18F3N7OS. The van der Waals surface area contributed by atoms with Gasteiger partial charge in [-0.3, -0.25) is 14.8 Å². The van der Waals surface area contributed by atoms with Crippen LogP contribution in [0.4, 0.5) is 24.7 Å². The van der Waals surface area contributed by atoms with Crippen LogP contribution in [0.5, 0.6) is 0 Å². The third kappa shape index (κ3) is 3.90. The summed E-state index contributed by atoms with van der Waals surface area (Å²) in [5.74, 6) is 0.563. The largest absolute Gasteiger partial charge is 0.417 e. The van der Waals surface area contributed by atoms with E-state index in [0.29, 0.717) is 36.8 Å². The lowest BCUT2D eigenvalue weighted by Gasteiger charge is -2.39. The van der Waals surface area contributed by atoms with E-state index in [4.69, 9.17) is 0 Å². The number of carbonyl (C=O) groups is 1. The van der Waals surface area contributed by atoms with Gasteiger partial charge in [-0.05, 0) is 18.9 Å². The van der Waals surface area contributed by atoms with E-state index in [1.807, 2.05) is 0 Å². The highest BCUT2D eigenvalue weighted by molar-refractivity contribution is 7.12. The van der Waals surface area contributed by atoms with Gasteiger partial charge in [0.05, 0.1) is 29.8 Å². The number of alkyl halides is 3. The first-order chi connectivity index (χ1) is 15.3. The molecule has 2 fully saturated rings. The Bertz CT molecular complexity index is 1130. The summed E-state index contributed by atoms with van der Waals surface area (Å²) < 4.78 is 39.2. The van der Waals surface area contributed by atoms with Gasteiger partial charge in [0.25, 0.3) is 0 Å². The number of hydrogen-bond donors (Lipinski definition) is 0. The molecule has 0 aliphatic carbocycles. The van der Waals surface area contributed by atoms with Crippen LogP contribution in [0.1, 0.15) is 24.8 Å². The second-order valence-electron chi connectivity index (χ2n) is 8.08. The lowest BCUT2D eigenvalue weighted by atomic mass is 9.77. The molecule has 2 aliphatic heterocycles. The summed E-state index contributed by atoms with van der Waals surface area (Å²) in [5, 5.41) is 8.55. The standard InChI is InChI=1S/C20H18F3N7OS/c21-20(22,23)13-5-14(8-24-7-13)30-11-19(6-17(30)31)1-3-29(4-2-19)16-10-25-9-15(27-16)18-28-26-12-32-18/h5,7-10,12H,1-4,6,11H2. The molecule has 0 atom stereocenters. The van der Waals surface area contributed by atoms with Crippen molar-refractivity contribution in [3.63, 3.8) is 0 Å². The van der Waals surface area contributed by atoms with E-state index in [1.165, 1.54) is 22.4 Å². The maximum Gasteiger partial charge on any atom is 0.417 e. The third-order valence-corrected chi connectivity index (χ3v) is 6.75. The second kappa shape index (κ2) is 7.76. The van der Waals surface area contributed by atoms with Crippen molar-refractivity contribution in [2.75, 3.05) is 29.4 Å². The first kappa shape index (κ1) is 20.7. The van der Waals surface area contributed by atoms with E-state index >= 15 is 0 Å². The van der Waals surface area contributed by atoms with E-state index in [1.54, 1.807) is 17.9 Å². The molecule has 8 nitrogen and oxygen atoms in total. The van der Waals surface area contributed by atoms with Gasteiger partial charge in [-0.2, -0.15) is 13.2 Å². The maximum absolute atomic E-state index is 13.1. The molecule has 0 aromatic carbocycles. The number of aromatic nitrogens is 5. The Morgan fingerprint density at radius 2 is 1.84 bits per heavy atom. The summed E-state index contributed by atoms with van der Waals surface area (Å²) in [6.45, 7) is 1.74. The number of hydrogen-bond acceptors (Lipinski definition) is 8. The molecule has 0 saturated carbocycles. The summed E-state index contributed by atoms with van der Waals surface area (Å²) >= 11 is 1.39. The number of nitrogens with zero attached hydrogens (tertiary/aromatic N) is 7. The molecule has 0 radical (unpaired) electrons. The Kier molecular flexibility index (Phi) is 5.03. The topological polar surface area (TPSA) is 88.0 Å². The molecule has 2 aliphatic rings. The van der Waals surface area contributed by atoms with Crippen molar-refractivity contribution in [1.82, 2.24) is 25.1 Å². The zero-order chi connectivity index (χ0) is 22.3. The maximum atomic E-state index is 13.1. The fourth-order valence-electron chi connectivity index (χ4n) is 4.30. The molecular weight excluding hydrogens is 443 g/mol. The molecule has 0 N–H and O–H groups in total. The van der Waals surface area contributed by atoms with Crippen LogP contribution in [0.2, 0.25) is 0 Å². The van der Waals surface area contributed by atoms with Crippen LogP contribution < -0.4 is 9.80 Å². The third-order valence-electron chi connectivity index (χ3n) is 6.03. The van der Waals surface area contributed by atoms with E-state index in [-0.39, 0.29) is 17.0 Å². The summed E-state index contributed by atoms with van der Waals surface area (Å²) in [6, 6.07) is 0.994. The second-order valence-corrected chi connectivity index (χ2v) is 8.91. The van der Waals surface area contributed by atoms with Crippen LogP contribution in [0, 0.1) is 5.41 Å². The number of rotatable bonds is 3. The number of piperidine rings is 1. The zero-order valence-electron chi connectivity index (χ0n) is 16.8. The lowest BCUT2D eigenvalue weighted by Crippen LogP contribution is -2.42. The summed E-state index contributed by atoms with van der Waals surface area (Å²) in [4.78, 5) is 28.9. The van der Waals surface area contributed by atoms with Crippen molar-refractivity contribution in [1.29, 1.82) is 0 Å². The highest BCUT2D eigenvalue weighted by Crippen LogP contribution is 2.43. The lowest BCUT2D eigenvalue weighted by molar-refractivity contribution is -0.137. The van der Waals surface area contributed by atoms with Crippen molar-refractivity contribution >= 4 is 28.7 Å². The van der Waals surface area contributed by atoms with Gasteiger partial charge in [0, 0.05) is 37.7 Å². The van der Waals surface area contributed by atoms with Crippen LogP contribution in [0.15, 0.2) is 36.4 Å². The predicted molar refractivity (Wildman–Crippen MR) is 111 cm³/mol. The fraction of sp³-hybridized carbons (Fsp3) is 0.400. The normalized spacial score (nSPS) is 18.5. The molecule has 1 spiro atoms. The van der Waals surface area contributed by atoms with Gasteiger partial charge >= 0.3 is 6.18 Å². The Morgan fingerprint density at radius 3 is 2.56 bits per heavy atom. The molecule has 2 saturated heterocycles. The summed E-state index contributed by atoms with van der Waals surface area (Å²) in [6.07, 6.45) is 2.70. The molecule has 166 valence electrons. The van der Waals surface area contributed by atoms with Crippen molar-refractivity contribution < 1.29 is 18.0 Å². The molecule has 3 aromatic rings. The Labute approximate surface area is 185 Å². The molecule has 32 heavy (non-hydrogen) atoms. The summed E-state index contributed by atoms with van der Waals surface area (Å²) in [5.41, 5.74) is 1.36. The zero-order valence-corrected chi connectivity index (χ0v) is 17.6. The predicted octanol–water partition coefficient (Wildman–Crippen LogP) is 3.43. The van der Waals surface area contributed by atoms with Gasteiger partial charge < -0.3 is 9.80 Å². The van der Waals surface area contributed by atoms with E-state index < -0.39 is 11.7 Å². The van der Waals surface area contributed by atoms with Gasteiger partial charge in [-0.15, -0.1) is 10.2 Å². The Morgan fingerprint density at radius 1 is 1.06 bits per heavy atom. The number of anilines is 2. The van der Waals surface area contributed by atoms with Crippen molar-refractivity contribution in [2.45, 2.75) is 25.4 Å². The molecule has 1 amide bonds. The van der Waals surface area contributed by atoms with E-state index in [0.717, 1.165) is 30.9 Å². The van der Waals surface area contributed by atoms with Crippen molar-refractivity contribution in [2.24, 2.45) is 5.41 Å². The highest BCUT2D eigenvalue weighted by Gasteiger charge is 2.46. The van der Waals surface area contributed by atoms with Crippen LogP contribution in [-0.4, -0.2) is 50.7 Å². The SMILES string of the molecule is O=C1CC2(CCN(c3cncc(-c4nncs4)n3)CC2)CN1c1cncc(C(F)(F)F)c1. The molecule has 0 unspecified atom stereocenters. The molecule has 5 heterocycles. The van der Waals surface area contributed by atoms with E-state index in [9.17, 15) is 18.0 Å². The fourth-order valence-corrected chi connectivity index (χ4v) is 4.81. The van der Waals surface area contributed by atoms with Gasteiger partial charge in [0.1, 0.15) is 17.0 Å². The van der Waals surface area contributed by atoms with Gasteiger partial charge in [0.15, 0.2) is 5.01 Å². The van der Waals surface area contributed by atoms with Crippen molar-refractivity contribution in [3.05, 3.63) is 41.9 Å². The number of pyridine rings is 1. The average Bonchev–Trinajstić information content (AvgIpc) is 3.43. The molecule has 5 rings (SSSR count). The van der Waals surface area contributed by atoms with Gasteiger partial charge in [-0.1, -0.05) is 11.3 Å². The number of halogens is 3. The van der Waals surface area contributed by atoms with Gasteiger partial charge in [-0.25, -0.2) is 4.98 Å². The minimum Gasteiger partial charge on any atom is -0.355 e. The van der Waals surface area contributed by atoms with Crippen LogP contribution in [0.25, 0.3) is 10.7 Å². The highest BCUT2D eigenvalue weighted by atomic mass is 32.1. The molecule has 3 aromatic heterocycles. The molecule has 12 heteroatoms. The van der Waals surface area contributed by atoms with E-state index in [2.05, 4.69) is 30.0 Å². The quantitative estimate of drug-likeness (QED) is 0.591. The van der Waals surface area contributed by atoms with Crippen molar-refractivity contribution in [3.8, 4) is 10.7 Å². The Hall–Kier alpha value is -3.15. The van der Waals surface area contributed by atoms with Crippen LogP contribution >= 0.6 is 11.3 Å². The smallest absolute Gasteiger partial charge is 0.355 e. The number of amides is 1. The average molecular weight is 461 g/mol. The monoisotopic (exact) mass is 461 g/mol. The Balaban J connectivity index is 1.29. The van der Waals surface area contributed by atoms with Crippen LogP contribution in [-0.2, 0) is 11.0 Å². The van der Waals surface area contributed by atoms with Crippen LogP contribution in [0.3, 0.4) is 0 Å². The first-order valence-corrected chi connectivity index (χ1v) is 10.9. The summed E-state index contributed by atoms with van der Waals surface area (Å²) in [7, 11) is 0.